The maximum Gasteiger partial charge on any atom is 0.118 e. The summed E-state index contributed by atoms with van der Waals surface area (Å²) in [6.07, 6.45) is 1.74. The Morgan fingerprint density at radius 1 is 1.16 bits per heavy atom. The first kappa shape index (κ1) is 16.0. The second-order valence-electron chi connectivity index (χ2n) is 5.85. The van der Waals surface area contributed by atoms with Crippen LogP contribution in [0.15, 0.2) is 24.3 Å². The highest BCUT2D eigenvalue weighted by atomic mass is 16.5. The van der Waals surface area contributed by atoms with E-state index in [-0.39, 0.29) is 18.1 Å². The topological polar surface area (TPSA) is 38.7 Å². The van der Waals surface area contributed by atoms with Crippen molar-refractivity contribution in [3.05, 3.63) is 29.8 Å². The van der Waals surface area contributed by atoms with Gasteiger partial charge in [-0.3, -0.25) is 0 Å². The molecule has 0 spiro atoms. The van der Waals surface area contributed by atoms with E-state index in [9.17, 15) is 5.11 Å². The van der Waals surface area contributed by atoms with Crippen LogP contribution in [-0.4, -0.2) is 31.0 Å². The minimum atomic E-state index is -0.111. The average molecular weight is 266 g/mol. The standard InChI is InChI=1S/C16H26O3/c1-16(2,3)19-10-9-14(12-17)11-13-5-7-15(18-4)8-6-13/h5-8,14,17H,9-12H2,1-4H3. The first-order valence-corrected chi connectivity index (χ1v) is 6.82. The van der Waals surface area contributed by atoms with E-state index in [1.807, 2.05) is 45.0 Å². The molecule has 0 amide bonds. The van der Waals surface area contributed by atoms with Crippen LogP contribution in [0.3, 0.4) is 0 Å². The SMILES string of the molecule is COc1ccc(CC(CO)CCOC(C)(C)C)cc1. The first-order valence-electron chi connectivity index (χ1n) is 6.82. The Morgan fingerprint density at radius 2 is 1.79 bits per heavy atom. The van der Waals surface area contributed by atoms with Crippen molar-refractivity contribution in [3.63, 3.8) is 0 Å². The predicted molar refractivity (Wildman–Crippen MR) is 77.6 cm³/mol. The Labute approximate surface area is 116 Å². The van der Waals surface area contributed by atoms with Crippen LogP contribution in [0.5, 0.6) is 5.75 Å². The minimum Gasteiger partial charge on any atom is -0.497 e. The third-order valence-corrected chi connectivity index (χ3v) is 3.00. The third kappa shape index (κ3) is 6.60. The summed E-state index contributed by atoms with van der Waals surface area (Å²) in [4.78, 5) is 0. The van der Waals surface area contributed by atoms with E-state index in [0.29, 0.717) is 6.61 Å². The first-order chi connectivity index (χ1) is 8.94. The third-order valence-electron chi connectivity index (χ3n) is 3.00. The van der Waals surface area contributed by atoms with E-state index >= 15 is 0 Å². The summed E-state index contributed by atoms with van der Waals surface area (Å²) < 4.78 is 10.8. The van der Waals surface area contributed by atoms with Gasteiger partial charge in [-0.2, -0.15) is 0 Å². The van der Waals surface area contributed by atoms with Crippen molar-refractivity contribution in [2.45, 2.75) is 39.2 Å². The molecule has 108 valence electrons. The van der Waals surface area contributed by atoms with E-state index in [2.05, 4.69) is 0 Å². The Bertz CT molecular complexity index is 351. The van der Waals surface area contributed by atoms with E-state index in [0.717, 1.165) is 18.6 Å². The molecule has 0 fully saturated rings. The molecule has 0 aromatic heterocycles. The lowest BCUT2D eigenvalue weighted by atomic mass is 9.97. The van der Waals surface area contributed by atoms with Crippen molar-refractivity contribution >= 4 is 0 Å². The molecule has 1 unspecified atom stereocenters. The van der Waals surface area contributed by atoms with Crippen LogP contribution in [0.25, 0.3) is 0 Å². The van der Waals surface area contributed by atoms with Crippen molar-refractivity contribution in [1.82, 2.24) is 0 Å². The van der Waals surface area contributed by atoms with E-state index < -0.39 is 0 Å². The Hall–Kier alpha value is -1.06. The number of ether oxygens (including phenoxy) is 2. The smallest absolute Gasteiger partial charge is 0.118 e. The van der Waals surface area contributed by atoms with Crippen LogP contribution in [0, 0.1) is 5.92 Å². The van der Waals surface area contributed by atoms with Gasteiger partial charge >= 0.3 is 0 Å². The summed E-state index contributed by atoms with van der Waals surface area (Å²) in [5.74, 6) is 1.11. The highest BCUT2D eigenvalue weighted by Crippen LogP contribution is 2.17. The van der Waals surface area contributed by atoms with Gasteiger partial charge in [-0.1, -0.05) is 12.1 Å². The molecule has 0 saturated heterocycles. The van der Waals surface area contributed by atoms with E-state index in [1.54, 1.807) is 7.11 Å². The molecule has 3 nitrogen and oxygen atoms in total. The summed E-state index contributed by atoms with van der Waals surface area (Å²) in [5, 5.41) is 9.44. The lowest BCUT2D eigenvalue weighted by Crippen LogP contribution is -2.22. The molecule has 1 N–H and O–H groups in total. The van der Waals surface area contributed by atoms with Crippen LogP contribution in [0.1, 0.15) is 32.8 Å². The molecule has 0 bridgehead atoms. The number of rotatable bonds is 7. The zero-order valence-electron chi connectivity index (χ0n) is 12.5. The number of benzene rings is 1. The predicted octanol–water partition coefficient (Wildman–Crippen LogP) is 3.05. The summed E-state index contributed by atoms with van der Waals surface area (Å²) in [6.45, 7) is 7.02. The molecule has 0 heterocycles. The Balaban J connectivity index is 2.42. The maximum atomic E-state index is 9.44. The van der Waals surface area contributed by atoms with Gasteiger partial charge in [0, 0.05) is 13.2 Å². The highest BCUT2D eigenvalue weighted by molar-refractivity contribution is 5.27. The van der Waals surface area contributed by atoms with Crippen molar-refractivity contribution in [1.29, 1.82) is 0 Å². The molecular weight excluding hydrogens is 240 g/mol. The molecule has 0 aliphatic heterocycles. The molecular formula is C16H26O3. The average Bonchev–Trinajstić information content (AvgIpc) is 2.37. The molecule has 0 radical (unpaired) electrons. The number of aliphatic hydroxyl groups is 1. The van der Waals surface area contributed by atoms with E-state index in [1.165, 1.54) is 5.56 Å². The van der Waals surface area contributed by atoms with Crippen molar-refractivity contribution in [2.24, 2.45) is 5.92 Å². The summed E-state index contributed by atoms with van der Waals surface area (Å²) in [6, 6.07) is 8.00. The number of aliphatic hydroxyl groups excluding tert-OH is 1. The second kappa shape index (κ2) is 7.51. The molecule has 1 rings (SSSR count). The number of methoxy groups -OCH3 is 1. The van der Waals surface area contributed by atoms with Gasteiger partial charge in [0.25, 0.3) is 0 Å². The monoisotopic (exact) mass is 266 g/mol. The quantitative estimate of drug-likeness (QED) is 0.824. The van der Waals surface area contributed by atoms with Crippen LogP contribution in [-0.2, 0) is 11.2 Å². The van der Waals surface area contributed by atoms with Gasteiger partial charge in [-0.25, -0.2) is 0 Å². The second-order valence-corrected chi connectivity index (χ2v) is 5.85. The van der Waals surface area contributed by atoms with Gasteiger partial charge in [0.1, 0.15) is 5.75 Å². The fourth-order valence-electron chi connectivity index (χ4n) is 1.88. The van der Waals surface area contributed by atoms with Crippen molar-refractivity contribution in [2.75, 3.05) is 20.3 Å². The van der Waals surface area contributed by atoms with Gasteiger partial charge in [0.2, 0.25) is 0 Å². The zero-order chi connectivity index (χ0) is 14.3. The van der Waals surface area contributed by atoms with Gasteiger partial charge in [0.15, 0.2) is 0 Å². The van der Waals surface area contributed by atoms with E-state index in [4.69, 9.17) is 9.47 Å². The normalized spacial score (nSPS) is 13.3. The highest BCUT2D eigenvalue weighted by Gasteiger charge is 2.13. The lowest BCUT2D eigenvalue weighted by molar-refractivity contribution is -0.0121. The fraction of sp³-hybridized carbons (Fsp3) is 0.625. The zero-order valence-corrected chi connectivity index (χ0v) is 12.5. The van der Waals surface area contributed by atoms with Gasteiger partial charge < -0.3 is 14.6 Å². The molecule has 19 heavy (non-hydrogen) atoms. The minimum absolute atomic E-state index is 0.111. The van der Waals surface area contributed by atoms with Gasteiger partial charge in [-0.15, -0.1) is 0 Å². The van der Waals surface area contributed by atoms with Gasteiger partial charge in [0.05, 0.1) is 12.7 Å². The molecule has 1 atom stereocenters. The molecule has 0 aliphatic rings. The number of hydrogen-bond donors (Lipinski definition) is 1. The van der Waals surface area contributed by atoms with Crippen LogP contribution >= 0.6 is 0 Å². The Kier molecular flexibility index (Phi) is 6.32. The molecule has 0 saturated carbocycles. The molecule has 3 heteroatoms. The summed E-state index contributed by atoms with van der Waals surface area (Å²) in [5.41, 5.74) is 1.11. The Morgan fingerprint density at radius 3 is 2.26 bits per heavy atom. The number of hydrogen-bond acceptors (Lipinski definition) is 3. The maximum absolute atomic E-state index is 9.44. The molecule has 1 aromatic carbocycles. The summed E-state index contributed by atoms with van der Waals surface area (Å²) >= 11 is 0. The lowest BCUT2D eigenvalue weighted by Gasteiger charge is -2.21. The fourth-order valence-corrected chi connectivity index (χ4v) is 1.88. The molecule has 0 aliphatic carbocycles. The van der Waals surface area contributed by atoms with Crippen molar-refractivity contribution < 1.29 is 14.6 Å². The summed E-state index contributed by atoms with van der Waals surface area (Å²) in [7, 11) is 1.66. The van der Waals surface area contributed by atoms with Crippen LogP contribution in [0.2, 0.25) is 0 Å². The largest absolute Gasteiger partial charge is 0.497 e. The molecule has 1 aromatic rings. The van der Waals surface area contributed by atoms with Crippen LogP contribution in [0.4, 0.5) is 0 Å². The van der Waals surface area contributed by atoms with Gasteiger partial charge in [-0.05, 0) is 57.2 Å². The van der Waals surface area contributed by atoms with Crippen molar-refractivity contribution in [3.8, 4) is 5.75 Å². The van der Waals surface area contributed by atoms with Crippen LogP contribution < -0.4 is 4.74 Å².